The Bertz CT molecular complexity index is 563. The molecule has 0 aliphatic heterocycles. The van der Waals surface area contributed by atoms with Gasteiger partial charge < -0.3 is 5.73 Å². The Hall–Kier alpha value is -0.660. The van der Waals surface area contributed by atoms with Crippen molar-refractivity contribution < 1.29 is 12.8 Å². The van der Waals surface area contributed by atoms with Gasteiger partial charge in [-0.2, -0.15) is 4.31 Å². The summed E-state index contributed by atoms with van der Waals surface area (Å²) in [6.07, 6.45) is 1.56. The second-order valence-corrected chi connectivity index (χ2v) is 7.29. The molecule has 0 bridgehead atoms. The van der Waals surface area contributed by atoms with Crippen molar-refractivity contribution in [3.63, 3.8) is 0 Å². The summed E-state index contributed by atoms with van der Waals surface area (Å²) in [5.74, 6) is -0.815. The Labute approximate surface area is 122 Å². The Balaban J connectivity index is 3.28. The van der Waals surface area contributed by atoms with Gasteiger partial charge in [0.1, 0.15) is 4.90 Å². The van der Waals surface area contributed by atoms with E-state index in [0.29, 0.717) is 6.42 Å². The number of hydrogen-bond acceptors (Lipinski definition) is 3. The molecular formula is C12H18BrFN2O2S. The van der Waals surface area contributed by atoms with Crippen molar-refractivity contribution in [2.75, 3.05) is 12.8 Å². The van der Waals surface area contributed by atoms with Crippen LogP contribution in [0.25, 0.3) is 0 Å². The summed E-state index contributed by atoms with van der Waals surface area (Å²) in [6, 6.07) is 2.28. The van der Waals surface area contributed by atoms with E-state index >= 15 is 0 Å². The van der Waals surface area contributed by atoms with Crippen LogP contribution < -0.4 is 5.73 Å². The minimum Gasteiger partial charge on any atom is -0.399 e. The lowest BCUT2D eigenvalue weighted by molar-refractivity contribution is 0.366. The number of nitrogens with zero attached hydrogens (tertiary/aromatic N) is 1. The molecule has 0 heterocycles. The second-order valence-electron chi connectivity index (χ2n) is 4.47. The molecule has 0 saturated carbocycles. The van der Waals surface area contributed by atoms with E-state index in [1.165, 1.54) is 17.4 Å². The molecule has 0 aliphatic rings. The molecule has 4 nitrogen and oxygen atoms in total. The zero-order valence-corrected chi connectivity index (χ0v) is 13.6. The van der Waals surface area contributed by atoms with E-state index < -0.39 is 20.7 Å². The standard InChI is InChI=1S/C12H18BrFN2O2S/c1-4-5-8(2)16(3)19(17,18)11-7-9(15)6-10(13)12(11)14/h6-8H,4-5,15H2,1-3H3. The Morgan fingerprint density at radius 2 is 2.05 bits per heavy atom. The summed E-state index contributed by atoms with van der Waals surface area (Å²) in [7, 11) is -2.44. The smallest absolute Gasteiger partial charge is 0.246 e. The molecule has 2 N–H and O–H groups in total. The number of benzene rings is 1. The lowest BCUT2D eigenvalue weighted by atomic mass is 10.2. The molecule has 0 saturated heterocycles. The molecule has 1 aromatic carbocycles. The molecule has 0 radical (unpaired) electrons. The first-order valence-electron chi connectivity index (χ1n) is 5.94. The highest BCUT2D eigenvalue weighted by Crippen LogP contribution is 2.28. The zero-order valence-electron chi connectivity index (χ0n) is 11.2. The van der Waals surface area contributed by atoms with Crippen molar-refractivity contribution in [3.05, 3.63) is 22.4 Å². The van der Waals surface area contributed by atoms with Crippen molar-refractivity contribution in [2.24, 2.45) is 0 Å². The monoisotopic (exact) mass is 352 g/mol. The van der Waals surface area contributed by atoms with Crippen molar-refractivity contribution >= 4 is 31.6 Å². The third kappa shape index (κ3) is 3.46. The van der Waals surface area contributed by atoms with Crippen LogP contribution in [0.5, 0.6) is 0 Å². The Morgan fingerprint density at radius 1 is 1.47 bits per heavy atom. The summed E-state index contributed by atoms with van der Waals surface area (Å²) in [6.45, 7) is 3.76. The summed E-state index contributed by atoms with van der Waals surface area (Å²) >= 11 is 2.97. The van der Waals surface area contributed by atoms with Crippen molar-refractivity contribution in [1.29, 1.82) is 0 Å². The topological polar surface area (TPSA) is 63.4 Å². The van der Waals surface area contributed by atoms with E-state index in [4.69, 9.17) is 5.73 Å². The zero-order chi connectivity index (χ0) is 14.8. The molecule has 7 heteroatoms. The van der Waals surface area contributed by atoms with E-state index in [0.717, 1.165) is 12.5 Å². The molecule has 0 aromatic heterocycles. The highest BCUT2D eigenvalue weighted by Gasteiger charge is 2.29. The molecule has 1 aromatic rings. The number of sulfonamides is 1. The van der Waals surface area contributed by atoms with Gasteiger partial charge in [-0.25, -0.2) is 12.8 Å². The van der Waals surface area contributed by atoms with Gasteiger partial charge in [0.05, 0.1) is 4.47 Å². The van der Waals surface area contributed by atoms with Crippen LogP contribution in [0.4, 0.5) is 10.1 Å². The average molecular weight is 353 g/mol. The average Bonchev–Trinajstić information content (AvgIpc) is 2.32. The first-order valence-corrected chi connectivity index (χ1v) is 8.17. The van der Waals surface area contributed by atoms with Gasteiger partial charge in [0.2, 0.25) is 10.0 Å². The van der Waals surface area contributed by atoms with Crippen LogP contribution in [-0.4, -0.2) is 25.8 Å². The van der Waals surface area contributed by atoms with Crippen LogP contribution >= 0.6 is 15.9 Å². The number of hydrogen-bond donors (Lipinski definition) is 1. The molecule has 1 atom stereocenters. The third-order valence-electron chi connectivity index (χ3n) is 3.00. The van der Waals surface area contributed by atoms with Crippen LogP contribution in [0.2, 0.25) is 0 Å². The van der Waals surface area contributed by atoms with Crippen molar-refractivity contribution in [1.82, 2.24) is 4.31 Å². The minimum absolute atomic E-state index is 0.0441. The maximum Gasteiger partial charge on any atom is 0.246 e. The van der Waals surface area contributed by atoms with Crippen LogP contribution in [0.1, 0.15) is 26.7 Å². The lowest BCUT2D eigenvalue weighted by Crippen LogP contribution is -2.35. The summed E-state index contributed by atoms with van der Waals surface area (Å²) < 4.78 is 40.0. The number of nitrogens with two attached hydrogens (primary N) is 1. The van der Waals surface area contributed by atoms with E-state index in [2.05, 4.69) is 15.9 Å². The lowest BCUT2D eigenvalue weighted by Gasteiger charge is -2.24. The minimum atomic E-state index is -3.89. The predicted molar refractivity (Wildman–Crippen MR) is 77.8 cm³/mol. The highest BCUT2D eigenvalue weighted by atomic mass is 79.9. The van der Waals surface area contributed by atoms with Gasteiger partial charge in [0.25, 0.3) is 0 Å². The number of halogens is 2. The Kier molecular flexibility index (Phi) is 5.34. The fourth-order valence-electron chi connectivity index (χ4n) is 1.76. The largest absolute Gasteiger partial charge is 0.399 e. The van der Waals surface area contributed by atoms with E-state index in [9.17, 15) is 12.8 Å². The second kappa shape index (κ2) is 6.19. The summed E-state index contributed by atoms with van der Waals surface area (Å²) in [4.78, 5) is -0.398. The van der Waals surface area contributed by atoms with Crippen molar-refractivity contribution in [2.45, 2.75) is 37.6 Å². The maximum absolute atomic E-state index is 14.0. The van der Waals surface area contributed by atoms with E-state index in [-0.39, 0.29) is 16.2 Å². The number of rotatable bonds is 5. The van der Waals surface area contributed by atoms with Gasteiger partial charge in [-0.1, -0.05) is 13.3 Å². The molecule has 0 amide bonds. The quantitative estimate of drug-likeness (QED) is 0.828. The molecule has 0 spiro atoms. The van der Waals surface area contributed by atoms with Gasteiger partial charge in [-0.3, -0.25) is 0 Å². The van der Waals surface area contributed by atoms with Crippen LogP contribution in [-0.2, 0) is 10.0 Å². The predicted octanol–water partition coefficient (Wildman–Crippen LogP) is 2.98. The van der Waals surface area contributed by atoms with Gasteiger partial charge in [0.15, 0.2) is 5.82 Å². The van der Waals surface area contributed by atoms with E-state index in [1.807, 2.05) is 6.92 Å². The normalized spacial score (nSPS) is 13.8. The Morgan fingerprint density at radius 3 is 2.58 bits per heavy atom. The third-order valence-corrected chi connectivity index (χ3v) is 5.55. The molecule has 19 heavy (non-hydrogen) atoms. The van der Waals surface area contributed by atoms with Crippen LogP contribution in [0.3, 0.4) is 0 Å². The molecular weight excluding hydrogens is 335 g/mol. The molecule has 1 unspecified atom stereocenters. The highest BCUT2D eigenvalue weighted by molar-refractivity contribution is 9.10. The van der Waals surface area contributed by atoms with Crippen LogP contribution in [0, 0.1) is 5.82 Å². The molecule has 1 rings (SSSR count). The first-order chi connectivity index (χ1) is 8.71. The molecule has 108 valence electrons. The van der Waals surface area contributed by atoms with Crippen LogP contribution in [0.15, 0.2) is 21.5 Å². The summed E-state index contributed by atoms with van der Waals surface area (Å²) in [5, 5.41) is 0. The van der Waals surface area contributed by atoms with Gasteiger partial charge in [0, 0.05) is 18.8 Å². The first kappa shape index (κ1) is 16.4. The van der Waals surface area contributed by atoms with Gasteiger partial charge in [-0.15, -0.1) is 0 Å². The maximum atomic E-state index is 14.0. The SMILES string of the molecule is CCCC(C)N(C)S(=O)(=O)c1cc(N)cc(Br)c1F. The van der Waals surface area contributed by atoms with Gasteiger partial charge in [-0.05, 0) is 41.4 Å². The van der Waals surface area contributed by atoms with E-state index in [1.54, 1.807) is 6.92 Å². The van der Waals surface area contributed by atoms with Gasteiger partial charge >= 0.3 is 0 Å². The molecule has 0 fully saturated rings. The number of anilines is 1. The number of nitrogen functional groups attached to an aromatic ring is 1. The molecule has 0 aliphatic carbocycles. The van der Waals surface area contributed by atoms with Crippen molar-refractivity contribution in [3.8, 4) is 0 Å². The fourth-order valence-corrected chi connectivity index (χ4v) is 3.88. The fraction of sp³-hybridized carbons (Fsp3) is 0.500. The summed E-state index contributed by atoms with van der Waals surface area (Å²) in [5.41, 5.74) is 5.78.